The molecule has 25 heteroatoms. The molecule has 56 heavy (non-hydrogen) atoms. The van der Waals surface area contributed by atoms with Crippen LogP contribution in [0.25, 0.3) is 33.4 Å². The van der Waals surface area contributed by atoms with Gasteiger partial charge in [-0.15, -0.1) is 0 Å². The highest BCUT2D eigenvalue weighted by Crippen LogP contribution is 2.42. The number of rotatable bonds is 19. The molecule has 2 aromatic carbocycles. The molecule has 2 aromatic rings. The quantitative estimate of drug-likeness (QED) is 0.0220. The zero-order chi connectivity index (χ0) is 41.9. The van der Waals surface area contributed by atoms with E-state index in [1.807, 2.05) is 64.1 Å². The molecule has 1 aliphatic carbocycles. The third-order valence-electron chi connectivity index (χ3n) is 8.58. The second-order valence-corrected chi connectivity index (χ2v) is 21.9. The van der Waals surface area contributed by atoms with E-state index in [0.29, 0.717) is 27.9 Å². The van der Waals surface area contributed by atoms with Crippen molar-refractivity contribution in [3.05, 3.63) is 65.5 Å². The largest absolute Gasteiger partial charge is 0.663 e. The lowest BCUT2D eigenvalue weighted by atomic mass is 9.90. The van der Waals surface area contributed by atoms with Gasteiger partial charge >= 0.3 is 41.9 Å². The molecule has 11 N–H and O–H groups in total. The van der Waals surface area contributed by atoms with Crippen molar-refractivity contribution in [2.45, 2.75) is 45.1 Å². The summed E-state index contributed by atoms with van der Waals surface area (Å²) < 4.78 is 51.1. The van der Waals surface area contributed by atoms with Gasteiger partial charge in [-0.05, 0) is 70.0 Å². The number of nitrogens with one attached hydrogen (secondary N) is 1. The molecular weight excluding hydrogens is 831 g/mol. The molecule has 2 aliphatic rings. The minimum absolute atomic E-state index is 0.189. The van der Waals surface area contributed by atoms with Crippen LogP contribution in [0, 0.1) is 0 Å². The predicted octanol–water partition coefficient (Wildman–Crippen LogP) is -1.54. The Labute approximate surface area is 325 Å². The summed E-state index contributed by atoms with van der Waals surface area (Å²) >= 11 is 0. The first kappa shape index (κ1) is 45.4. The number of fused-ring (bicyclic) bond motifs is 2. The maximum absolute atomic E-state index is 13.5. The van der Waals surface area contributed by atoms with E-state index in [-0.39, 0.29) is 11.1 Å². The van der Waals surface area contributed by atoms with E-state index in [1.165, 1.54) is 12.1 Å². The van der Waals surface area contributed by atoms with Crippen LogP contribution in [0.15, 0.2) is 63.9 Å². The summed E-state index contributed by atoms with van der Waals surface area (Å²) in [5, 5.41) is 11.9. The molecule has 0 atom stereocenters. The van der Waals surface area contributed by atoms with Crippen LogP contribution in [-0.2, 0) is 22.4 Å². The van der Waals surface area contributed by atoms with E-state index < -0.39 is 75.8 Å². The predicted molar refractivity (Wildman–Crippen MR) is 206 cm³/mol. The minimum Gasteiger partial charge on any atom is -0.478 e. The van der Waals surface area contributed by atoms with Gasteiger partial charge in [-0.1, -0.05) is 6.07 Å². The van der Waals surface area contributed by atoms with E-state index in [1.54, 1.807) is 0 Å². The lowest BCUT2D eigenvalue weighted by molar-refractivity contribution is 0.0250. The summed E-state index contributed by atoms with van der Waals surface area (Å²) in [4.78, 5) is 99.6. The Morgan fingerprint density at radius 3 is 1.88 bits per heavy atom. The standard InChI is InChI=1S/C31H45N3O17SSi4/c1-5-33(6-2)21-10-13-25-28(18-21)48-29-19-22(34(7-3)8-4)11-14-26(29)30(25)24-15-12-23(20-27(24)31(35)36)52(37,38)32-16-9-17-53(49-54(39,40)41,50-55(42,43)44)51-56(45,46)47/h10-15,18-20,32,39-47H,5-9,16-17H2,1-4H3/p+1. The number of carbonyl (C=O) groups is 1. The number of hydrogen-bond acceptors (Lipinski definition) is 17. The monoisotopic (exact) mass is 876 g/mol. The molecule has 4 rings (SSSR count). The van der Waals surface area contributed by atoms with Crippen molar-refractivity contribution in [2.24, 2.45) is 0 Å². The number of carboxylic acids is 1. The maximum Gasteiger partial charge on any atom is 0.663 e. The number of benzene rings is 3. The third kappa shape index (κ3) is 11.4. The van der Waals surface area contributed by atoms with Gasteiger partial charge in [0.05, 0.1) is 16.5 Å². The molecule has 20 nitrogen and oxygen atoms in total. The molecule has 308 valence electrons. The number of carboxylic acid groups (broad SMARTS) is 1. The Bertz CT molecular complexity index is 2140. The van der Waals surface area contributed by atoms with Crippen molar-refractivity contribution < 1.29 is 78.2 Å². The molecule has 0 radical (unpaired) electrons. The Balaban J connectivity index is 1.78. The lowest BCUT2D eigenvalue weighted by Gasteiger charge is -2.34. The Morgan fingerprint density at radius 1 is 0.786 bits per heavy atom. The summed E-state index contributed by atoms with van der Waals surface area (Å²) in [6.07, 6.45) is -0.564. The van der Waals surface area contributed by atoms with Gasteiger partial charge in [0.2, 0.25) is 15.4 Å². The van der Waals surface area contributed by atoms with Crippen molar-refractivity contribution >= 4 is 68.6 Å². The van der Waals surface area contributed by atoms with Gasteiger partial charge in [-0.25, -0.2) is 22.5 Å². The first-order valence-corrected chi connectivity index (χ1v) is 25.9. The molecule has 1 heterocycles. The van der Waals surface area contributed by atoms with Crippen LogP contribution in [0.2, 0.25) is 6.04 Å². The highest BCUT2D eigenvalue weighted by Gasteiger charge is 2.60. The normalized spacial score (nSPS) is 13.1. The zero-order valence-corrected chi connectivity index (χ0v) is 35.6. The molecule has 1 aliphatic heterocycles. The topological polar surface area (TPSA) is 313 Å². The van der Waals surface area contributed by atoms with Crippen LogP contribution in [0.5, 0.6) is 0 Å². The zero-order valence-electron chi connectivity index (χ0n) is 30.8. The Kier molecular flexibility index (Phi) is 14.3. The fourth-order valence-electron chi connectivity index (χ4n) is 6.25. The average molecular weight is 877 g/mol. The van der Waals surface area contributed by atoms with Crippen molar-refractivity contribution in [2.75, 3.05) is 37.6 Å². The molecule has 0 unspecified atom stereocenters. The molecular formula is C31H46N3O17SSi4+. The van der Waals surface area contributed by atoms with Crippen molar-refractivity contribution in [3.63, 3.8) is 0 Å². The number of sulfonamides is 1. The number of aromatic carboxylic acids is 1. The second kappa shape index (κ2) is 17.7. The average Bonchev–Trinajstić information content (AvgIpc) is 3.07. The third-order valence-corrected chi connectivity index (χ3v) is 18.0. The summed E-state index contributed by atoms with van der Waals surface area (Å²) in [6, 6.07) is 13.7. The van der Waals surface area contributed by atoms with Gasteiger partial charge in [-0.2, -0.15) is 0 Å². The van der Waals surface area contributed by atoms with Crippen LogP contribution in [0.1, 0.15) is 44.5 Å². The van der Waals surface area contributed by atoms with E-state index in [0.717, 1.165) is 43.3 Å². The molecule has 0 saturated carbocycles. The minimum atomic E-state index is -5.77. The molecule has 0 amide bonds. The van der Waals surface area contributed by atoms with E-state index in [2.05, 4.69) is 26.5 Å². The van der Waals surface area contributed by atoms with Gasteiger partial charge < -0.3 is 69.9 Å². The van der Waals surface area contributed by atoms with Crippen LogP contribution >= 0.6 is 0 Å². The first-order valence-electron chi connectivity index (χ1n) is 17.3. The Hall–Kier alpha value is -3.30. The van der Waals surface area contributed by atoms with Gasteiger partial charge in [0.15, 0.2) is 0 Å². The highest BCUT2D eigenvalue weighted by molar-refractivity contribution is 7.89. The van der Waals surface area contributed by atoms with Crippen LogP contribution < -0.4 is 19.6 Å². The van der Waals surface area contributed by atoms with Crippen molar-refractivity contribution in [1.29, 1.82) is 0 Å². The van der Waals surface area contributed by atoms with E-state index in [4.69, 9.17) is 4.42 Å². The molecule has 0 spiro atoms. The Morgan fingerprint density at radius 2 is 1.36 bits per heavy atom. The van der Waals surface area contributed by atoms with Gasteiger partial charge in [0.1, 0.15) is 24.4 Å². The molecule has 0 bridgehead atoms. The van der Waals surface area contributed by atoms with Gasteiger partial charge in [0, 0.05) is 60.0 Å². The summed E-state index contributed by atoms with van der Waals surface area (Å²) in [6.45, 7) is 10.3. The van der Waals surface area contributed by atoms with Crippen molar-refractivity contribution in [1.82, 2.24) is 9.30 Å². The summed E-state index contributed by atoms with van der Waals surface area (Å²) in [5.74, 6) is -0.977. The summed E-state index contributed by atoms with van der Waals surface area (Å²) in [5.41, 5.74) is 2.22. The first-order chi connectivity index (χ1) is 25.9. The van der Waals surface area contributed by atoms with Gasteiger partial charge in [0.25, 0.3) is 0 Å². The fraction of sp³-hybridized carbons (Fsp3) is 0.355. The van der Waals surface area contributed by atoms with Gasteiger partial charge in [-0.3, -0.25) is 0 Å². The van der Waals surface area contributed by atoms with Crippen LogP contribution in [0.3, 0.4) is 0 Å². The molecule has 0 aromatic heterocycles. The fourth-order valence-corrected chi connectivity index (χ4v) is 15.8. The SMILES string of the molecule is CCN(CC)c1ccc2c(-c3ccc(S(=O)(=O)NCCC[Si](O[Si](O)(O)O)(O[Si](O)(O)O)O[Si](O)(O)O)cc3C(=O)O)c3ccc(=[N+](CC)CC)cc-3oc2c1. The number of anilines is 1. The van der Waals surface area contributed by atoms with Crippen LogP contribution in [-0.4, -0.2) is 131 Å². The number of nitrogens with zero attached hydrogens (tertiary/aromatic N) is 2. The van der Waals surface area contributed by atoms with E-state index >= 15 is 0 Å². The molecule has 0 fully saturated rings. The second-order valence-electron chi connectivity index (χ2n) is 12.4. The number of hydrogen-bond donors (Lipinski definition) is 11. The van der Waals surface area contributed by atoms with Crippen LogP contribution in [0.4, 0.5) is 5.69 Å². The molecule has 0 saturated heterocycles. The lowest BCUT2D eigenvalue weighted by Crippen LogP contribution is -2.66. The van der Waals surface area contributed by atoms with Crippen molar-refractivity contribution in [3.8, 4) is 22.5 Å². The maximum atomic E-state index is 13.5. The highest BCUT2D eigenvalue weighted by atomic mass is 32.2. The van der Waals surface area contributed by atoms with E-state index in [9.17, 15) is 61.5 Å². The summed E-state index contributed by atoms with van der Waals surface area (Å²) in [7, 11) is -27.2. The smallest absolute Gasteiger partial charge is 0.478 e.